The van der Waals surface area contributed by atoms with E-state index < -0.39 is 11.8 Å². The first-order valence-electron chi connectivity index (χ1n) is 6.29. The predicted octanol–water partition coefficient (Wildman–Crippen LogP) is 0.229. The van der Waals surface area contributed by atoms with Crippen molar-refractivity contribution in [2.45, 2.75) is 31.0 Å². The average molecular weight is 289 g/mol. The van der Waals surface area contributed by atoms with Crippen LogP contribution in [0.4, 0.5) is 4.79 Å². The number of nitrogens with zero attached hydrogens (tertiary/aromatic N) is 1. The molecule has 0 aromatic carbocycles. The van der Waals surface area contributed by atoms with E-state index in [0.29, 0.717) is 25.9 Å². The Balaban J connectivity index is 1.86. The van der Waals surface area contributed by atoms with Gasteiger partial charge in [-0.2, -0.15) is 11.8 Å². The molecule has 1 amide bonds. The molecule has 2 saturated heterocycles. The maximum absolute atomic E-state index is 11.9. The average Bonchev–Trinajstić information content (AvgIpc) is 2.66. The minimum atomic E-state index is -1.29. The predicted molar refractivity (Wildman–Crippen MR) is 70.7 cm³/mol. The van der Waals surface area contributed by atoms with Crippen LogP contribution in [-0.4, -0.2) is 59.0 Å². The van der Waals surface area contributed by atoms with E-state index >= 15 is 0 Å². The van der Waals surface area contributed by atoms with Gasteiger partial charge in [-0.1, -0.05) is 0 Å². The molecule has 1 unspecified atom stereocenters. The van der Waals surface area contributed by atoms with E-state index in [9.17, 15) is 9.59 Å². The van der Waals surface area contributed by atoms with Crippen molar-refractivity contribution in [2.75, 3.05) is 25.1 Å². The quantitative estimate of drug-likeness (QED) is 0.682. The molecule has 0 aromatic rings. The van der Waals surface area contributed by atoms with E-state index in [1.807, 2.05) is 6.26 Å². The summed E-state index contributed by atoms with van der Waals surface area (Å²) in [5.74, 6) is 0.983. The fourth-order valence-electron chi connectivity index (χ4n) is 2.54. The lowest BCUT2D eigenvalue weighted by Crippen LogP contribution is -2.57. The number of nitrogens with one attached hydrogen (secondary N) is 2. The van der Waals surface area contributed by atoms with Crippen molar-refractivity contribution >= 4 is 23.8 Å². The third-order valence-electron chi connectivity index (χ3n) is 3.52. The van der Waals surface area contributed by atoms with Gasteiger partial charge in [0, 0.05) is 13.1 Å². The van der Waals surface area contributed by atoms with Crippen molar-refractivity contribution in [2.24, 2.45) is 0 Å². The maximum atomic E-state index is 11.9. The van der Waals surface area contributed by atoms with Gasteiger partial charge in [0.2, 0.25) is 5.91 Å². The number of hydroxylamine groups is 2. The lowest BCUT2D eigenvalue weighted by Gasteiger charge is -2.37. The Labute approximate surface area is 116 Å². The number of carbonyl (C=O) groups excluding carboxylic acids is 1. The van der Waals surface area contributed by atoms with Gasteiger partial charge in [0.15, 0.2) is 0 Å². The Bertz CT molecular complexity index is 358. The molecule has 7 nitrogen and oxygen atoms in total. The number of piperidine rings is 1. The van der Waals surface area contributed by atoms with Crippen LogP contribution in [-0.2, 0) is 9.63 Å². The number of hydrogen-bond donors (Lipinski definition) is 3. The van der Waals surface area contributed by atoms with Crippen molar-refractivity contribution in [3.8, 4) is 0 Å². The molecule has 2 rings (SSSR count). The van der Waals surface area contributed by atoms with Crippen LogP contribution in [0.1, 0.15) is 19.3 Å². The zero-order chi connectivity index (χ0) is 13.9. The van der Waals surface area contributed by atoms with Crippen molar-refractivity contribution in [1.29, 1.82) is 0 Å². The van der Waals surface area contributed by atoms with Crippen LogP contribution in [0.25, 0.3) is 0 Å². The van der Waals surface area contributed by atoms with Gasteiger partial charge in [-0.15, -0.1) is 5.06 Å². The molecule has 108 valence electrons. The summed E-state index contributed by atoms with van der Waals surface area (Å²) < 4.78 is 0. The SMILES string of the molecule is CSCCC1NC2(CCN(OC(=O)O)CC2)NC1=O. The lowest BCUT2D eigenvalue weighted by molar-refractivity contribution is -0.142. The van der Waals surface area contributed by atoms with Crippen LogP contribution in [0.2, 0.25) is 0 Å². The third-order valence-corrected chi connectivity index (χ3v) is 4.17. The molecular formula is C11H19N3O4S. The molecular weight excluding hydrogens is 270 g/mol. The minimum absolute atomic E-state index is 0.0432. The van der Waals surface area contributed by atoms with Crippen molar-refractivity contribution in [1.82, 2.24) is 15.7 Å². The van der Waals surface area contributed by atoms with Gasteiger partial charge < -0.3 is 15.3 Å². The minimum Gasteiger partial charge on any atom is -0.448 e. The first-order chi connectivity index (χ1) is 9.04. The second-order valence-corrected chi connectivity index (χ2v) is 5.82. The Morgan fingerprint density at radius 1 is 1.58 bits per heavy atom. The standard InChI is InChI=1S/C11H19N3O4S/c1-19-7-2-8-9(15)13-11(12-8)3-5-14(6-4-11)18-10(16)17/h8,12H,2-7H2,1H3,(H,13,15)(H,16,17). The molecule has 1 atom stereocenters. The van der Waals surface area contributed by atoms with Crippen LogP contribution >= 0.6 is 11.8 Å². The smallest absolute Gasteiger partial charge is 0.448 e. The summed E-state index contributed by atoms with van der Waals surface area (Å²) >= 11 is 1.72. The highest BCUT2D eigenvalue weighted by atomic mass is 32.2. The van der Waals surface area contributed by atoms with Crippen molar-refractivity contribution in [3.63, 3.8) is 0 Å². The number of hydrogen-bond acceptors (Lipinski definition) is 6. The molecule has 0 saturated carbocycles. The van der Waals surface area contributed by atoms with Crippen LogP contribution in [0, 0.1) is 0 Å². The first-order valence-corrected chi connectivity index (χ1v) is 7.68. The zero-order valence-electron chi connectivity index (χ0n) is 10.8. The Kier molecular flexibility index (Phi) is 4.54. The number of rotatable bonds is 4. The van der Waals surface area contributed by atoms with E-state index in [-0.39, 0.29) is 11.9 Å². The summed E-state index contributed by atoms with van der Waals surface area (Å²) in [5, 5.41) is 16.3. The summed E-state index contributed by atoms with van der Waals surface area (Å²) in [6.07, 6.45) is 2.81. The van der Waals surface area contributed by atoms with Gasteiger partial charge in [0.1, 0.15) is 0 Å². The molecule has 1 spiro atoms. The third kappa shape index (κ3) is 3.52. The lowest BCUT2D eigenvalue weighted by atomic mass is 9.99. The molecule has 2 aliphatic heterocycles. The second-order valence-electron chi connectivity index (χ2n) is 4.84. The molecule has 2 aliphatic rings. The van der Waals surface area contributed by atoms with Crippen LogP contribution in [0.3, 0.4) is 0 Å². The molecule has 0 radical (unpaired) electrons. The van der Waals surface area contributed by atoms with Crippen LogP contribution in [0.5, 0.6) is 0 Å². The highest BCUT2D eigenvalue weighted by Gasteiger charge is 2.45. The topological polar surface area (TPSA) is 90.9 Å². The fourth-order valence-corrected chi connectivity index (χ4v) is 3.01. The van der Waals surface area contributed by atoms with E-state index in [1.54, 1.807) is 11.8 Å². The highest BCUT2D eigenvalue weighted by Crippen LogP contribution is 2.25. The molecule has 8 heteroatoms. The number of thioether (sulfide) groups is 1. The van der Waals surface area contributed by atoms with Gasteiger partial charge in [0.25, 0.3) is 0 Å². The molecule has 3 N–H and O–H groups in total. The van der Waals surface area contributed by atoms with Gasteiger partial charge in [-0.3, -0.25) is 10.1 Å². The Morgan fingerprint density at radius 2 is 2.26 bits per heavy atom. The van der Waals surface area contributed by atoms with Crippen molar-refractivity contribution < 1.29 is 19.5 Å². The molecule has 0 aliphatic carbocycles. The normalized spacial score (nSPS) is 26.4. The summed E-state index contributed by atoms with van der Waals surface area (Å²) in [7, 11) is 0. The number of carboxylic acid groups (broad SMARTS) is 1. The van der Waals surface area contributed by atoms with Gasteiger partial charge in [0.05, 0.1) is 11.7 Å². The number of carbonyl (C=O) groups is 2. The van der Waals surface area contributed by atoms with E-state index in [2.05, 4.69) is 15.5 Å². The maximum Gasteiger partial charge on any atom is 0.525 e. The largest absolute Gasteiger partial charge is 0.525 e. The van der Waals surface area contributed by atoms with Crippen LogP contribution in [0.15, 0.2) is 0 Å². The molecule has 2 fully saturated rings. The summed E-state index contributed by atoms with van der Waals surface area (Å²) in [5.41, 5.74) is -0.390. The van der Waals surface area contributed by atoms with Gasteiger partial charge in [-0.25, -0.2) is 4.79 Å². The summed E-state index contributed by atoms with van der Waals surface area (Å²) in [6.45, 7) is 0.962. The summed E-state index contributed by atoms with van der Waals surface area (Å²) in [4.78, 5) is 27.0. The zero-order valence-corrected chi connectivity index (χ0v) is 11.7. The molecule has 19 heavy (non-hydrogen) atoms. The van der Waals surface area contributed by atoms with Gasteiger partial charge in [-0.05, 0) is 31.3 Å². The Hall–Kier alpha value is -0.990. The second kappa shape index (κ2) is 5.98. The molecule has 0 aromatic heterocycles. The fraction of sp³-hybridized carbons (Fsp3) is 0.818. The number of amides is 1. The summed E-state index contributed by atoms with van der Waals surface area (Å²) in [6, 6.07) is -0.139. The highest BCUT2D eigenvalue weighted by molar-refractivity contribution is 7.98. The Morgan fingerprint density at radius 3 is 2.84 bits per heavy atom. The van der Waals surface area contributed by atoms with Gasteiger partial charge >= 0.3 is 6.16 Å². The van der Waals surface area contributed by atoms with Crippen LogP contribution < -0.4 is 10.6 Å². The monoisotopic (exact) mass is 289 g/mol. The van der Waals surface area contributed by atoms with E-state index in [4.69, 9.17) is 5.11 Å². The first kappa shape index (κ1) is 14.4. The molecule has 0 bridgehead atoms. The van der Waals surface area contributed by atoms with E-state index in [1.165, 1.54) is 5.06 Å². The molecule has 2 heterocycles. The van der Waals surface area contributed by atoms with Crippen molar-refractivity contribution in [3.05, 3.63) is 0 Å². The van der Waals surface area contributed by atoms with E-state index in [0.717, 1.165) is 12.2 Å².